The van der Waals surface area contributed by atoms with E-state index in [9.17, 15) is 9.59 Å². The Balaban J connectivity index is 1.95. The maximum atomic E-state index is 12.5. The fourth-order valence-electron chi connectivity index (χ4n) is 1.95. The summed E-state index contributed by atoms with van der Waals surface area (Å²) in [4.78, 5) is 25.7. The maximum Gasteiger partial charge on any atom is 0.307 e. The third-order valence-electron chi connectivity index (χ3n) is 3.17. The largest absolute Gasteiger partial charge is 0.466 e. The molecule has 4 nitrogen and oxygen atoms in total. The number of nitrogens with zero attached hydrogens (tertiary/aromatic N) is 1. The molecule has 0 bridgehead atoms. The van der Waals surface area contributed by atoms with Crippen LogP contribution in [0.2, 0.25) is 0 Å². The molecule has 0 radical (unpaired) electrons. The molecule has 1 aromatic heterocycles. The third kappa shape index (κ3) is 4.59. The molecular formula is C14H18BrNO3S. The van der Waals surface area contributed by atoms with Crippen molar-refractivity contribution in [2.45, 2.75) is 26.2 Å². The Morgan fingerprint density at radius 2 is 2.25 bits per heavy atom. The highest BCUT2D eigenvalue weighted by atomic mass is 79.9. The molecular weight excluding hydrogens is 342 g/mol. The normalized spacial score (nSPS) is 14.1. The standard InChI is InChI=1S/C14H18BrNO3S/c1-2-19-13(17)5-6-16(8-10-3-4-10)14(18)11-7-12(15)20-9-11/h7,9-10H,2-6,8H2,1H3. The summed E-state index contributed by atoms with van der Waals surface area (Å²) in [5.74, 6) is 0.360. The monoisotopic (exact) mass is 359 g/mol. The summed E-state index contributed by atoms with van der Waals surface area (Å²) in [6.07, 6.45) is 2.62. The molecule has 1 aliphatic carbocycles. The lowest BCUT2D eigenvalue weighted by Gasteiger charge is -2.21. The van der Waals surface area contributed by atoms with Gasteiger partial charge >= 0.3 is 5.97 Å². The molecule has 2 rings (SSSR count). The molecule has 0 aromatic carbocycles. The fourth-order valence-corrected chi connectivity index (χ4v) is 3.08. The van der Waals surface area contributed by atoms with Crippen LogP contribution in [0.4, 0.5) is 0 Å². The van der Waals surface area contributed by atoms with Crippen molar-refractivity contribution < 1.29 is 14.3 Å². The van der Waals surface area contributed by atoms with Crippen LogP contribution < -0.4 is 0 Å². The predicted molar refractivity (Wildman–Crippen MR) is 81.9 cm³/mol. The van der Waals surface area contributed by atoms with Gasteiger partial charge in [-0.1, -0.05) is 0 Å². The van der Waals surface area contributed by atoms with Gasteiger partial charge in [-0.05, 0) is 47.7 Å². The Hall–Kier alpha value is -0.880. The molecule has 1 heterocycles. The summed E-state index contributed by atoms with van der Waals surface area (Å²) < 4.78 is 5.86. The fraction of sp³-hybridized carbons (Fsp3) is 0.571. The molecule has 0 unspecified atom stereocenters. The molecule has 1 fully saturated rings. The number of carbonyl (C=O) groups excluding carboxylic acids is 2. The van der Waals surface area contributed by atoms with Crippen molar-refractivity contribution >= 4 is 39.1 Å². The average molecular weight is 360 g/mol. The Bertz CT molecular complexity index is 485. The van der Waals surface area contributed by atoms with Crippen molar-refractivity contribution in [1.29, 1.82) is 0 Å². The second-order valence-electron chi connectivity index (χ2n) is 4.89. The van der Waals surface area contributed by atoms with Crippen LogP contribution in [-0.4, -0.2) is 36.5 Å². The highest BCUT2D eigenvalue weighted by Gasteiger charge is 2.28. The maximum absolute atomic E-state index is 12.5. The van der Waals surface area contributed by atoms with E-state index in [1.807, 2.05) is 11.4 Å². The van der Waals surface area contributed by atoms with Crippen molar-refractivity contribution in [3.8, 4) is 0 Å². The zero-order valence-electron chi connectivity index (χ0n) is 11.4. The summed E-state index contributed by atoms with van der Waals surface area (Å²) in [5, 5.41) is 1.84. The summed E-state index contributed by atoms with van der Waals surface area (Å²) in [6, 6.07) is 1.83. The lowest BCUT2D eigenvalue weighted by Crippen LogP contribution is -2.34. The number of hydrogen-bond donors (Lipinski definition) is 0. The van der Waals surface area contributed by atoms with Crippen molar-refractivity contribution in [3.63, 3.8) is 0 Å². The molecule has 0 saturated heterocycles. The van der Waals surface area contributed by atoms with Gasteiger partial charge in [0.25, 0.3) is 5.91 Å². The molecule has 0 atom stereocenters. The van der Waals surface area contributed by atoms with Crippen molar-refractivity contribution in [1.82, 2.24) is 4.90 Å². The van der Waals surface area contributed by atoms with E-state index in [1.165, 1.54) is 24.2 Å². The molecule has 20 heavy (non-hydrogen) atoms. The van der Waals surface area contributed by atoms with Gasteiger partial charge in [-0.25, -0.2) is 0 Å². The van der Waals surface area contributed by atoms with Gasteiger partial charge in [0, 0.05) is 18.5 Å². The second kappa shape index (κ2) is 7.22. The van der Waals surface area contributed by atoms with Crippen LogP contribution in [0, 0.1) is 5.92 Å². The number of hydrogen-bond acceptors (Lipinski definition) is 4. The number of halogens is 1. The van der Waals surface area contributed by atoms with E-state index in [-0.39, 0.29) is 18.3 Å². The number of carbonyl (C=O) groups is 2. The van der Waals surface area contributed by atoms with Gasteiger partial charge in [-0.15, -0.1) is 11.3 Å². The van der Waals surface area contributed by atoms with Crippen LogP contribution in [0.25, 0.3) is 0 Å². The van der Waals surface area contributed by atoms with E-state index in [0.717, 1.165) is 10.3 Å². The number of ether oxygens (including phenoxy) is 1. The van der Waals surface area contributed by atoms with E-state index in [2.05, 4.69) is 15.9 Å². The Labute approximate surface area is 131 Å². The summed E-state index contributed by atoms with van der Waals surface area (Å²) >= 11 is 4.86. The van der Waals surface area contributed by atoms with Gasteiger partial charge in [-0.3, -0.25) is 9.59 Å². The van der Waals surface area contributed by atoms with Crippen LogP contribution in [0.5, 0.6) is 0 Å². The summed E-state index contributed by atoms with van der Waals surface area (Å²) in [5.41, 5.74) is 0.686. The molecule has 1 aliphatic rings. The number of esters is 1. The van der Waals surface area contributed by atoms with Crippen LogP contribution in [0.1, 0.15) is 36.5 Å². The van der Waals surface area contributed by atoms with Gasteiger partial charge in [0.2, 0.25) is 0 Å². The van der Waals surface area contributed by atoms with E-state index in [1.54, 1.807) is 11.8 Å². The predicted octanol–water partition coefficient (Wildman–Crippen LogP) is 3.32. The first-order valence-corrected chi connectivity index (χ1v) is 8.46. The van der Waals surface area contributed by atoms with Crippen molar-refractivity contribution in [2.75, 3.05) is 19.7 Å². The minimum Gasteiger partial charge on any atom is -0.466 e. The molecule has 1 aromatic rings. The molecule has 1 saturated carbocycles. The van der Waals surface area contributed by atoms with Crippen molar-refractivity contribution in [3.05, 3.63) is 20.8 Å². The van der Waals surface area contributed by atoms with Gasteiger partial charge in [-0.2, -0.15) is 0 Å². The van der Waals surface area contributed by atoms with Crippen LogP contribution in [0.15, 0.2) is 15.2 Å². The first kappa shape index (κ1) is 15.5. The molecule has 0 aliphatic heterocycles. The Morgan fingerprint density at radius 3 is 2.80 bits per heavy atom. The van der Waals surface area contributed by atoms with E-state index < -0.39 is 0 Å². The zero-order valence-corrected chi connectivity index (χ0v) is 13.8. The smallest absolute Gasteiger partial charge is 0.307 e. The highest BCUT2D eigenvalue weighted by Crippen LogP contribution is 2.30. The molecule has 6 heteroatoms. The van der Waals surface area contributed by atoms with Crippen molar-refractivity contribution in [2.24, 2.45) is 5.92 Å². The van der Waals surface area contributed by atoms with Crippen LogP contribution >= 0.6 is 27.3 Å². The second-order valence-corrected chi connectivity index (χ2v) is 7.18. The van der Waals surface area contributed by atoms with E-state index >= 15 is 0 Å². The molecule has 0 N–H and O–H groups in total. The number of amides is 1. The van der Waals surface area contributed by atoms with Gasteiger partial charge in [0.1, 0.15) is 0 Å². The highest BCUT2D eigenvalue weighted by molar-refractivity contribution is 9.11. The zero-order chi connectivity index (χ0) is 14.5. The molecule has 110 valence electrons. The van der Waals surface area contributed by atoms with Crippen LogP contribution in [-0.2, 0) is 9.53 Å². The third-order valence-corrected chi connectivity index (χ3v) is 4.67. The van der Waals surface area contributed by atoms with Gasteiger partial charge in [0.15, 0.2) is 0 Å². The Kier molecular flexibility index (Phi) is 5.60. The first-order valence-electron chi connectivity index (χ1n) is 6.79. The number of rotatable bonds is 7. The minimum atomic E-state index is -0.243. The van der Waals surface area contributed by atoms with E-state index in [4.69, 9.17) is 4.74 Å². The minimum absolute atomic E-state index is 0.00292. The summed E-state index contributed by atoms with van der Waals surface area (Å²) in [6.45, 7) is 3.34. The first-order chi connectivity index (χ1) is 9.60. The summed E-state index contributed by atoms with van der Waals surface area (Å²) in [7, 11) is 0. The topological polar surface area (TPSA) is 46.6 Å². The lowest BCUT2D eigenvalue weighted by atomic mass is 10.2. The molecule has 1 amide bonds. The van der Waals surface area contributed by atoms with E-state index in [0.29, 0.717) is 24.6 Å². The number of thiophene rings is 1. The average Bonchev–Trinajstić information content (AvgIpc) is 3.13. The lowest BCUT2D eigenvalue weighted by molar-refractivity contribution is -0.143. The SMILES string of the molecule is CCOC(=O)CCN(CC1CC1)C(=O)c1csc(Br)c1. The van der Waals surface area contributed by atoms with Gasteiger partial charge in [0.05, 0.1) is 22.4 Å². The molecule has 0 spiro atoms. The quantitative estimate of drug-likeness (QED) is 0.701. The van der Waals surface area contributed by atoms with Crippen LogP contribution in [0.3, 0.4) is 0 Å². The van der Waals surface area contributed by atoms with Gasteiger partial charge < -0.3 is 9.64 Å². The Morgan fingerprint density at radius 1 is 1.50 bits per heavy atom.